The Balaban J connectivity index is 2.04. The highest BCUT2D eigenvalue weighted by molar-refractivity contribution is 5.70. The number of aromatic nitrogens is 4. The molecule has 2 aromatic rings. The number of rotatable bonds is 6. The normalized spacial score (nSPS) is 31.7. The number of H-pyrrole nitrogens is 1. The number of ether oxygens (including phenoxy) is 1. The third kappa shape index (κ3) is 2.73. The molecule has 0 aliphatic carbocycles. The zero-order chi connectivity index (χ0) is 19.1. The molecule has 4 atom stereocenters. The summed E-state index contributed by atoms with van der Waals surface area (Å²) in [6.45, 7) is -0.857. The van der Waals surface area contributed by atoms with Crippen molar-refractivity contribution in [3.8, 4) is 0 Å². The molecule has 0 bridgehead atoms. The molecular formula is C12H16FN5O8. The van der Waals surface area contributed by atoms with Crippen LogP contribution >= 0.6 is 0 Å². The van der Waals surface area contributed by atoms with Crippen LogP contribution in [0.1, 0.15) is 13.2 Å². The van der Waals surface area contributed by atoms with Crippen molar-refractivity contribution < 1.29 is 39.6 Å². The molecule has 1 aliphatic rings. The van der Waals surface area contributed by atoms with Crippen LogP contribution < -0.4 is 11.3 Å². The zero-order valence-corrected chi connectivity index (χ0v) is 13.3. The van der Waals surface area contributed by atoms with Crippen molar-refractivity contribution >= 4 is 17.1 Å². The minimum absolute atomic E-state index is 0.0470. The number of hydrogen-bond donors (Lipinski definition) is 5. The molecule has 144 valence electrons. The Labute approximate surface area is 143 Å². The largest absolute Gasteiger partial charge is 0.387 e. The van der Waals surface area contributed by atoms with Gasteiger partial charge in [-0.2, -0.15) is 4.98 Å². The molecule has 0 aromatic carbocycles. The number of imidazole rings is 1. The van der Waals surface area contributed by atoms with Gasteiger partial charge in [0.25, 0.3) is 5.56 Å². The maximum atomic E-state index is 13.7. The molecule has 0 amide bonds. The van der Waals surface area contributed by atoms with Crippen LogP contribution in [0.3, 0.4) is 0 Å². The van der Waals surface area contributed by atoms with E-state index in [4.69, 9.17) is 15.7 Å². The molecule has 1 saturated heterocycles. The Bertz CT molecular complexity index is 856. The Morgan fingerprint density at radius 1 is 1.58 bits per heavy atom. The van der Waals surface area contributed by atoms with E-state index < -0.39 is 42.4 Å². The van der Waals surface area contributed by atoms with Gasteiger partial charge in [0.05, 0.1) is 6.33 Å². The molecule has 6 N–H and O–H groups in total. The first-order valence-corrected chi connectivity index (χ1v) is 7.23. The lowest BCUT2D eigenvalue weighted by atomic mass is 9.88. The van der Waals surface area contributed by atoms with Gasteiger partial charge < -0.3 is 20.7 Å². The summed E-state index contributed by atoms with van der Waals surface area (Å²) in [6.07, 6.45) is -2.09. The summed E-state index contributed by atoms with van der Waals surface area (Å²) in [6, 6.07) is 0. The molecular weight excluding hydrogens is 361 g/mol. The molecule has 26 heavy (non-hydrogen) atoms. The topological polar surface area (TPSA) is 187 Å². The van der Waals surface area contributed by atoms with Gasteiger partial charge in [-0.3, -0.25) is 14.3 Å². The number of nitrogens with one attached hydrogen (secondary N) is 1. The average Bonchev–Trinajstić information content (AvgIpc) is 3.08. The molecule has 0 saturated carbocycles. The minimum atomic E-state index is -2.07. The molecule has 3 rings (SSSR count). The summed E-state index contributed by atoms with van der Waals surface area (Å²) >= 11 is 0. The number of nitrogens with zero attached hydrogens (tertiary/aromatic N) is 3. The summed E-state index contributed by atoms with van der Waals surface area (Å²) in [5.74, 6) is -0.212. The highest BCUT2D eigenvalue weighted by Gasteiger charge is 2.62. The van der Waals surface area contributed by atoms with Crippen LogP contribution in [0.15, 0.2) is 11.1 Å². The fourth-order valence-electron chi connectivity index (χ4n) is 2.93. The van der Waals surface area contributed by atoms with Crippen molar-refractivity contribution in [2.45, 2.75) is 30.5 Å². The number of aliphatic hydroxyl groups excluding tert-OH is 1. The number of nitrogens with two attached hydrogens (primary N) is 1. The maximum absolute atomic E-state index is 13.7. The van der Waals surface area contributed by atoms with Gasteiger partial charge in [0.15, 0.2) is 23.0 Å². The van der Waals surface area contributed by atoms with Crippen LogP contribution in [0.25, 0.3) is 11.2 Å². The van der Waals surface area contributed by atoms with E-state index in [1.54, 1.807) is 0 Å². The number of fused-ring (bicyclic) bond motifs is 1. The monoisotopic (exact) mass is 377 g/mol. The number of halogens is 1. The first-order chi connectivity index (χ1) is 12.3. The van der Waals surface area contributed by atoms with Crippen molar-refractivity contribution in [3.63, 3.8) is 0 Å². The Morgan fingerprint density at radius 3 is 2.96 bits per heavy atom. The summed E-state index contributed by atoms with van der Waals surface area (Å²) < 4.78 is 20.3. The second-order valence-electron chi connectivity index (χ2n) is 5.98. The van der Waals surface area contributed by atoms with Gasteiger partial charge in [-0.05, 0) is 17.0 Å². The van der Waals surface area contributed by atoms with Crippen LogP contribution in [0.4, 0.5) is 10.3 Å². The van der Waals surface area contributed by atoms with Gasteiger partial charge in [-0.25, -0.2) is 19.5 Å². The van der Waals surface area contributed by atoms with Gasteiger partial charge in [-0.15, -0.1) is 0 Å². The number of alkyl halides is 1. The van der Waals surface area contributed by atoms with Crippen molar-refractivity contribution in [1.29, 1.82) is 0 Å². The van der Waals surface area contributed by atoms with Crippen molar-refractivity contribution in [1.82, 2.24) is 19.5 Å². The smallest absolute Gasteiger partial charge is 0.280 e. The Kier molecular flexibility index (Phi) is 4.65. The highest BCUT2D eigenvalue weighted by atomic mass is 19.1. The van der Waals surface area contributed by atoms with E-state index in [-0.39, 0.29) is 17.1 Å². The number of nitrogen functional groups attached to an aromatic ring is 1. The number of aromatic amines is 1. The lowest BCUT2D eigenvalue weighted by Crippen LogP contribution is -2.53. The van der Waals surface area contributed by atoms with Gasteiger partial charge in [0.1, 0.15) is 25.0 Å². The van der Waals surface area contributed by atoms with E-state index in [0.717, 1.165) is 10.9 Å². The average molecular weight is 377 g/mol. The summed E-state index contributed by atoms with van der Waals surface area (Å²) in [7, 11) is 0. The Hall–Kier alpha value is -2.20. The zero-order valence-electron chi connectivity index (χ0n) is 13.3. The van der Waals surface area contributed by atoms with Crippen molar-refractivity contribution in [3.05, 3.63) is 16.7 Å². The van der Waals surface area contributed by atoms with Crippen LogP contribution in [-0.2, 0) is 19.7 Å². The first kappa shape index (κ1) is 18.6. The fraction of sp³-hybridized carbons (Fsp3) is 0.583. The standard InChI is InChI=1S/C12H16FN5O8/c1-11(21)8(20)12(2-13,3-23-26-25-22)24-9(11)18-4-15-5-6(18)16-10(14)17-7(5)19/h4,8-9,20-22H,2-3H2,1H3,(H3,14,16,17,19)/t8-,9+,11+,12+/m0/s1. The second-order valence-corrected chi connectivity index (χ2v) is 5.98. The van der Waals surface area contributed by atoms with E-state index in [1.165, 1.54) is 6.92 Å². The maximum Gasteiger partial charge on any atom is 0.280 e. The molecule has 0 unspecified atom stereocenters. The molecule has 1 fully saturated rings. The SMILES string of the molecule is C[C@@]1(O)[C@H](O)[C@@](CF)(COOOO)O[C@H]1n1cnc2c(=O)[nH]c(N)nc21. The van der Waals surface area contributed by atoms with E-state index in [9.17, 15) is 19.4 Å². The summed E-state index contributed by atoms with van der Waals surface area (Å²) in [5.41, 5.74) is 0.614. The molecule has 0 spiro atoms. The Morgan fingerprint density at radius 2 is 2.31 bits per heavy atom. The molecule has 2 aromatic heterocycles. The number of anilines is 1. The predicted molar refractivity (Wildman–Crippen MR) is 78.8 cm³/mol. The fourth-order valence-corrected chi connectivity index (χ4v) is 2.93. The van der Waals surface area contributed by atoms with Crippen molar-refractivity contribution in [2.75, 3.05) is 19.0 Å². The van der Waals surface area contributed by atoms with Gasteiger partial charge in [0, 0.05) is 0 Å². The minimum Gasteiger partial charge on any atom is -0.387 e. The summed E-state index contributed by atoms with van der Waals surface area (Å²) in [4.78, 5) is 26.3. The van der Waals surface area contributed by atoms with Gasteiger partial charge >= 0.3 is 0 Å². The van der Waals surface area contributed by atoms with Crippen LogP contribution in [0.5, 0.6) is 0 Å². The van der Waals surface area contributed by atoms with Crippen LogP contribution in [-0.4, -0.2) is 65.6 Å². The van der Waals surface area contributed by atoms with Crippen molar-refractivity contribution in [2.24, 2.45) is 0 Å². The number of hydrogen-bond acceptors (Lipinski definition) is 11. The lowest BCUT2D eigenvalue weighted by Gasteiger charge is -2.29. The van der Waals surface area contributed by atoms with Crippen LogP contribution in [0.2, 0.25) is 0 Å². The third-order valence-corrected chi connectivity index (χ3v) is 4.21. The van der Waals surface area contributed by atoms with Crippen LogP contribution in [0, 0.1) is 0 Å². The number of aliphatic hydroxyl groups is 2. The predicted octanol–water partition coefficient (Wildman–Crippen LogP) is -1.60. The third-order valence-electron chi connectivity index (χ3n) is 4.21. The molecule has 0 radical (unpaired) electrons. The quantitative estimate of drug-likeness (QED) is 0.222. The van der Waals surface area contributed by atoms with Gasteiger partial charge in [0.2, 0.25) is 5.95 Å². The molecule has 1 aliphatic heterocycles. The summed E-state index contributed by atoms with van der Waals surface area (Å²) in [5, 5.41) is 36.2. The highest BCUT2D eigenvalue weighted by Crippen LogP contribution is 2.45. The first-order valence-electron chi connectivity index (χ1n) is 7.23. The second kappa shape index (κ2) is 6.51. The van der Waals surface area contributed by atoms with E-state index in [0.29, 0.717) is 0 Å². The van der Waals surface area contributed by atoms with E-state index in [2.05, 4.69) is 29.9 Å². The lowest BCUT2D eigenvalue weighted by molar-refractivity contribution is -0.626. The molecule has 3 heterocycles. The molecule has 13 nitrogen and oxygen atoms in total. The molecule has 14 heteroatoms. The van der Waals surface area contributed by atoms with Gasteiger partial charge in [-0.1, -0.05) is 0 Å². The van der Waals surface area contributed by atoms with E-state index in [1.807, 2.05) is 0 Å². The van der Waals surface area contributed by atoms with E-state index >= 15 is 0 Å².